The lowest BCUT2D eigenvalue weighted by Crippen LogP contribution is -2.29. The first-order valence-corrected chi connectivity index (χ1v) is 15.9. The van der Waals surface area contributed by atoms with Gasteiger partial charge in [0, 0.05) is 40.7 Å². The Bertz CT molecular complexity index is 1870. The number of nitrogens with one attached hydrogen (secondary N) is 1. The molecule has 5 aromatic rings. The van der Waals surface area contributed by atoms with Gasteiger partial charge in [0.25, 0.3) is 11.3 Å². The van der Waals surface area contributed by atoms with E-state index in [2.05, 4.69) is 22.1 Å². The predicted molar refractivity (Wildman–Crippen MR) is 170 cm³/mol. The number of carbonyl (C=O) groups is 1. The quantitative estimate of drug-likeness (QED) is 0.118. The Hall–Kier alpha value is -4.55. The minimum Gasteiger partial charge on any atom is -0.493 e. The van der Waals surface area contributed by atoms with Gasteiger partial charge < -0.3 is 24.6 Å². The Balaban J connectivity index is 0.989. The molecule has 2 aromatic carbocycles. The summed E-state index contributed by atoms with van der Waals surface area (Å²) in [5.74, 6) is 0.984. The summed E-state index contributed by atoms with van der Waals surface area (Å²) in [7, 11) is 2.10. The van der Waals surface area contributed by atoms with Crippen LogP contribution in [0.1, 0.15) is 52.9 Å². The number of benzene rings is 2. The van der Waals surface area contributed by atoms with Crippen molar-refractivity contribution in [2.45, 2.75) is 59.1 Å². The zero-order valence-corrected chi connectivity index (χ0v) is 26.4. The standard InChI is InChI=1S/C33H35N5O6S/c1-20-16-23(31-34-32(40)28-24-13-14-37(3)18-26(24)45-33(28)35-31)17-21(2)30(20)42-15-9-5-8-12-27(39)43-19-25-29(36-44-38(25)41)22-10-6-4-7-11-22/h4,6-7,10-11,16-17H,5,8-9,12-15,18-19H2,1-3H3,(H,34,35,40). The Morgan fingerprint density at radius 2 is 1.91 bits per heavy atom. The summed E-state index contributed by atoms with van der Waals surface area (Å²) in [5.41, 5.74) is 5.05. The minimum atomic E-state index is -0.390. The number of H-pyrrole nitrogens is 1. The van der Waals surface area contributed by atoms with Gasteiger partial charge in [0.1, 0.15) is 16.4 Å². The molecule has 0 unspecified atom stereocenters. The number of aromatic nitrogens is 4. The summed E-state index contributed by atoms with van der Waals surface area (Å²) >= 11 is 1.61. The number of unbranched alkanes of at least 4 members (excludes halogenated alkanes) is 2. The van der Waals surface area contributed by atoms with Gasteiger partial charge in [0.05, 0.1) is 12.0 Å². The molecule has 45 heavy (non-hydrogen) atoms. The second kappa shape index (κ2) is 13.2. The molecule has 0 bridgehead atoms. The summed E-state index contributed by atoms with van der Waals surface area (Å²) < 4.78 is 16.2. The number of nitrogens with zero attached hydrogens (tertiary/aromatic N) is 4. The second-order valence-electron chi connectivity index (χ2n) is 11.4. The fraction of sp³-hybridized carbons (Fsp3) is 0.364. The summed E-state index contributed by atoms with van der Waals surface area (Å²) in [4.78, 5) is 37.8. The lowest BCUT2D eigenvalue weighted by Gasteiger charge is -2.21. The van der Waals surface area contributed by atoms with Gasteiger partial charge in [0.2, 0.25) is 5.69 Å². The Morgan fingerprint density at radius 1 is 1.13 bits per heavy atom. The average molecular weight is 630 g/mol. The van der Waals surface area contributed by atoms with Gasteiger partial charge in [-0.25, -0.2) is 4.98 Å². The van der Waals surface area contributed by atoms with Crippen LogP contribution in [0.4, 0.5) is 0 Å². The minimum absolute atomic E-state index is 0.0824. The first kappa shape index (κ1) is 30.5. The van der Waals surface area contributed by atoms with Crippen LogP contribution < -0.4 is 15.2 Å². The van der Waals surface area contributed by atoms with Crippen LogP contribution in [-0.4, -0.2) is 46.2 Å². The van der Waals surface area contributed by atoms with E-state index in [4.69, 9.17) is 19.1 Å². The van der Waals surface area contributed by atoms with E-state index in [9.17, 15) is 14.8 Å². The number of esters is 1. The zero-order valence-electron chi connectivity index (χ0n) is 25.6. The molecule has 234 valence electrons. The van der Waals surface area contributed by atoms with Gasteiger partial charge in [-0.15, -0.1) is 11.3 Å². The first-order chi connectivity index (χ1) is 21.8. The molecular weight excluding hydrogens is 594 g/mol. The number of aryl methyl sites for hydroxylation is 2. The summed E-state index contributed by atoms with van der Waals surface area (Å²) in [5, 5.41) is 16.5. The summed E-state index contributed by atoms with van der Waals surface area (Å²) in [6, 6.07) is 13.1. The van der Waals surface area contributed by atoms with Gasteiger partial charge in [0.15, 0.2) is 6.61 Å². The highest BCUT2D eigenvalue weighted by Crippen LogP contribution is 2.34. The van der Waals surface area contributed by atoms with E-state index >= 15 is 0 Å². The van der Waals surface area contributed by atoms with Gasteiger partial charge in [-0.1, -0.05) is 30.3 Å². The zero-order chi connectivity index (χ0) is 31.5. The first-order valence-electron chi connectivity index (χ1n) is 15.1. The van der Waals surface area contributed by atoms with Crippen LogP contribution >= 0.6 is 11.3 Å². The maximum atomic E-state index is 13.1. The highest BCUT2D eigenvalue weighted by molar-refractivity contribution is 7.18. The number of thiophene rings is 1. The molecule has 0 fully saturated rings. The number of carbonyl (C=O) groups excluding carboxylic acids is 1. The van der Waals surface area contributed by atoms with Crippen molar-refractivity contribution in [3.8, 4) is 28.4 Å². The van der Waals surface area contributed by atoms with E-state index in [0.717, 1.165) is 70.6 Å². The third-order valence-corrected chi connectivity index (χ3v) is 9.13. The monoisotopic (exact) mass is 629 g/mol. The normalized spacial score (nSPS) is 13.2. The molecule has 0 amide bonds. The van der Waals surface area contributed by atoms with Crippen LogP contribution in [0.2, 0.25) is 0 Å². The third-order valence-electron chi connectivity index (χ3n) is 8.02. The molecule has 6 rings (SSSR count). The van der Waals surface area contributed by atoms with Crippen LogP contribution in [0.5, 0.6) is 5.75 Å². The highest BCUT2D eigenvalue weighted by atomic mass is 32.1. The number of rotatable bonds is 11. The van der Waals surface area contributed by atoms with Crippen molar-refractivity contribution in [3.63, 3.8) is 0 Å². The van der Waals surface area contributed by atoms with Crippen LogP contribution in [0.3, 0.4) is 0 Å². The molecule has 1 aliphatic heterocycles. The average Bonchev–Trinajstić information content (AvgIpc) is 3.58. The van der Waals surface area contributed by atoms with Crippen LogP contribution in [0.25, 0.3) is 32.9 Å². The molecule has 3 aromatic heterocycles. The molecule has 0 atom stereocenters. The molecule has 1 N–H and O–H groups in total. The lowest BCUT2D eigenvalue weighted by atomic mass is 10.0. The van der Waals surface area contributed by atoms with Gasteiger partial charge in [-0.3, -0.25) is 14.2 Å². The molecule has 12 heteroatoms. The van der Waals surface area contributed by atoms with Gasteiger partial charge in [-0.05, 0) is 80.3 Å². The fourth-order valence-electron chi connectivity index (χ4n) is 5.73. The second-order valence-corrected chi connectivity index (χ2v) is 12.5. The highest BCUT2D eigenvalue weighted by Gasteiger charge is 2.24. The van der Waals surface area contributed by atoms with E-state index in [0.29, 0.717) is 30.1 Å². The smallest absolute Gasteiger partial charge is 0.306 e. The molecule has 11 nitrogen and oxygen atoms in total. The molecule has 0 spiro atoms. The van der Waals surface area contributed by atoms with E-state index in [1.54, 1.807) is 23.5 Å². The van der Waals surface area contributed by atoms with Crippen LogP contribution in [0, 0.1) is 19.1 Å². The fourth-order valence-corrected chi connectivity index (χ4v) is 7.03. The maximum Gasteiger partial charge on any atom is 0.306 e. The number of fused-ring (bicyclic) bond motifs is 3. The van der Waals surface area contributed by atoms with Crippen LogP contribution in [-0.2, 0) is 29.1 Å². The number of aromatic amines is 1. The largest absolute Gasteiger partial charge is 0.493 e. The van der Waals surface area contributed by atoms with E-state index in [1.165, 1.54) is 4.88 Å². The molecule has 0 aliphatic carbocycles. The van der Waals surface area contributed by atoms with Crippen molar-refractivity contribution >= 4 is 27.5 Å². The molecular formula is C33H35N5O6S. The van der Waals surface area contributed by atoms with Crippen molar-refractivity contribution in [1.82, 2.24) is 20.0 Å². The lowest BCUT2D eigenvalue weighted by molar-refractivity contribution is -0.808. The number of likely N-dealkylation sites (N-methyl/N-ethyl adjacent to an activating group) is 1. The van der Waals surface area contributed by atoms with Gasteiger partial charge >= 0.3 is 5.97 Å². The van der Waals surface area contributed by atoms with Crippen molar-refractivity contribution in [2.24, 2.45) is 0 Å². The van der Waals surface area contributed by atoms with Gasteiger partial charge in [-0.2, -0.15) is 0 Å². The number of hydrogen-bond acceptors (Lipinski definition) is 10. The van der Waals surface area contributed by atoms with Crippen molar-refractivity contribution in [3.05, 3.63) is 85.3 Å². The molecule has 1 aliphatic rings. The summed E-state index contributed by atoms with van der Waals surface area (Å²) in [6.45, 7) is 6.06. The van der Waals surface area contributed by atoms with Crippen LogP contribution in [0.15, 0.2) is 51.9 Å². The Labute approximate surface area is 264 Å². The number of ether oxygens (including phenoxy) is 2. The maximum absolute atomic E-state index is 13.1. The molecule has 0 saturated carbocycles. The molecule has 0 saturated heterocycles. The molecule has 4 heterocycles. The van der Waals surface area contributed by atoms with Crippen molar-refractivity contribution in [1.29, 1.82) is 0 Å². The van der Waals surface area contributed by atoms with E-state index in [-0.39, 0.29) is 29.2 Å². The van der Waals surface area contributed by atoms with Crippen molar-refractivity contribution < 1.29 is 23.8 Å². The van der Waals surface area contributed by atoms with Crippen molar-refractivity contribution in [2.75, 3.05) is 20.2 Å². The predicted octanol–water partition coefficient (Wildman–Crippen LogP) is 5.23. The Morgan fingerprint density at radius 3 is 2.69 bits per heavy atom. The SMILES string of the molecule is Cc1cc(-c2nc3sc4c(c3c(=O)[nH]2)CCN(C)C4)cc(C)c1OCCCCCC(=O)OCc1c(-c2ccccc2)no[n+]1[O-]. The topological polar surface area (TPSA) is 137 Å². The number of hydrogen-bond donors (Lipinski definition) is 1. The third kappa shape index (κ3) is 6.62. The van der Waals surface area contributed by atoms with E-state index < -0.39 is 5.97 Å². The Kier molecular flexibility index (Phi) is 8.95. The molecule has 0 radical (unpaired) electrons. The van der Waals surface area contributed by atoms with E-state index in [1.807, 2.05) is 44.2 Å². The summed E-state index contributed by atoms with van der Waals surface area (Å²) in [6.07, 6.45) is 3.28.